The number of rotatable bonds is 4. The molecule has 1 aliphatic rings. The number of anilines is 1. The van der Waals surface area contributed by atoms with Crippen LogP contribution in [0, 0.1) is 13.8 Å². The molecular formula is C26H24N4OS. The number of aromatic hydroxyl groups is 1. The van der Waals surface area contributed by atoms with Crippen molar-refractivity contribution in [2.45, 2.75) is 25.9 Å². The predicted molar refractivity (Wildman–Crippen MR) is 131 cm³/mol. The Morgan fingerprint density at radius 1 is 0.938 bits per heavy atom. The van der Waals surface area contributed by atoms with Crippen LogP contribution in [-0.2, 0) is 0 Å². The van der Waals surface area contributed by atoms with Crippen LogP contribution in [0.3, 0.4) is 0 Å². The Morgan fingerprint density at radius 2 is 1.75 bits per heavy atom. The maximum absolute atomic E-state index is 10.7. The van der Waals surface area contributed by atoms with Gasteiger partial charge in [0.25, 0.3) is 0 Å². The molecule has 3 heterocycles. The topological polar surface area (TPSA) is 53.3 Å². The van der Waals surface area contributed by atoms with E-state index in [9.17, 15) is 5.11 Å². The fourth-order valence-electron chi connectivity index (χ4n) is 4.33. The van der Waals surface area contributed by atoms with Gasteiger partial charge in [0.05, 0.1) is 17.4 Å². The number of benzene rings is 2. The number of nitrogens with zero attached hydrogens (tertiary/aromatic N) is 3. The van der Waals surface area contributed by atoms with Crippen molar-refractivity contribution in [3.63, 3.8) is 0 Å². The molecule has 0 bridgehead atoms. The van der Waals surface area contributed by atoms with E-state index in [1.807, 2.05) is 47.4 Å². The molecule has 1 aliphatic heterocycles. The first-order valence-electron chi connectivity index (χ1n) is 10.6. The van der Waals surface area contributed by atoms with Crippen LogP contribution in [-0.4, -0.2) is 19.8 Å². The predicted octanol–water partition coefficient (Wildman–Crippen LogP) is 5.37. The minimum Gasteiger partial charge on any atom is -0.506 e. The van der Waals surface area contributed by atoms with Crippen molar-refractivity contribution < 1.29 is 5.11 Å². The fourth-order valence-corrected chi connectivity index (χ4v) is 4.67. The molecule has 0 saturated carbocycles. The number of aromatic nitrogens is 2. The SMILES string of the molecule is Cc1ccc(-n2cccc2[C@@H]2[C@H](c3ccccn3)NC(=S)N2c2ccccc2O)cc1C. The normalized spacial score (nSPS) is 18.1. The zero-order valence-electron chi connectivity index (χ0n) is 17.9. The lowest BCUT2D eigenvalue weighted by Gasteiger charge is -2.29. The second kappa shape index (κ2) is 8.13. The smallest absolute Gasteiger partial charge is 0.174 e. The van der Waals surface area contributed by atoms with E-state index >= 15 is 0 Å². The van der Waals surface area contributed by atoms with E-state index in [-0.39, 0.29) is 17.8 Å². The number of phenolic OH excluding ortho intramolecular Hbond substituents is 1. The summed E-state index contributed by atoms with van der Waals surface area (Å²) in [5, 5.41) is 14.7. The lowest BCUT2D eigenvalue weighted by Crippen LogP contribution is -2.30. The van der Waals surface area contributed by atoms with Crippen LogP contribution in [0.4, 0.5) is 5.69 Å². The zero-order chi connectivity index (χ0) is 22.2. The Hall–Kier alpha value is -3.64. The van der Waals surface area contributed by atoms with Crippen LogP contribution < -0.4 is 10.2 Å². The highest BCUT2D eigenvalue weighted by atomic mass is 32.1. The first kappa shape index (κ1) is 20.3. The molecule has 5 rings (SSSR count). The van der Waals surface area contributed by atoms with Crippen molar-refractivity contribution in [1.82, 2.24) is 14.9 Å². The Morgan fingerprint density at radius 3 is 2.50 bits per heavy atom. The average molecular weight is 441 g/mol. The summed E-state index contributed by atoms with van der Waals surface area (Å²) in [5.74, 6) is 0.188. The quantitative estimate of drug-likeness (QED) is 0.418. The third kappa shape index (κ3) is 3.42. The molecule has 4 aromatic rings. The lowest BCUT2D eigenvalue weighted by atomic mass is 10.0. The highest BCUT2D eigenvalue weighted by Crippen LogP contribution is 2.44. The van der Waals surface area contributed by atoms with E-state index in [0.29, 0.717) is 10.8 Å². The summed E-state index contributed by atoms with van der Waals surface area (Å²) >= 11 is 5.77. The van der Waals surface area contributed by atoms with E-state index in [0.717, 1.165) is 17.1 Å². The molecule has 2 aromatic carbocycles. The Kier molecular flexibility index (Phi) is 5.15. The first-order valence-corrected chi connectivity index (χ1v) is 11.0. The van der Waals surface area contributed by atoms with E-state index in [2.05, 4.69) is 59.2 Å². The summed E-state index contributed by atoms with van der Waals surface area (Å²) < 4.78 is 2.19. The van der Waals surface area contributed by atoms with Gasteiger partial charge in [-0.25, -0.2) is 0 Å². The van der Waals surface area contributed by atoms with Crippen LogP contribution in [0.15, 0.2) is 85.2 Å². The molecule has 0 aliphatic carbocycles. The zero-order valence-corrected chi connectivity index (χ0v) is 18.8. The van der Waals surface area contributed by atoms with Crippen molar-refractivity contribution >= 4 is 23.0 Å². The van der Waals surface area contributed by atoms with Gasteiger partial charge in [-0.05, 0) is 85.7 Å². The van der Waals surface area contributed by atoms with E-state index < -0.39 is 0 Å². The number of hydrogen-bond acceptors (Lipinski definition) is 3. The highest BCUT2D eigenvalue weighted by molar-refractivity contribution is 7.80. The molecular weight excluding hydrogens is 416 g/mol. The number of pyridine rings is 1. The summed E-state index contributed by atoms with van der Waals surface area (Å²) in [4.78, 5) is 6.61. The van der Waals surface area contributed by atoms with Crippen LogP contribution in [0.1, 0.15) is 34.6 Å². The van der Waals surface area contributed by atoms with Gasteiger partial charge in [-0.2, -0.15) is 0 Å². The number of phenols is 1. The van der Waals surface area contributed by atoms with Crippen LogP contribution in [0.5, 0.6) is 5.75 Å². The maximum Gasteiger partial charge on any atom is 0.174 e. The van der Waals surface area contributed by atoms with Crippen LogP contribution in [0.2, 0.25) is 0 Å². The van der Waals surface area contributed by atoms with Gasteiger partial charge in [-0.15, -0.1) is 0 Å². The van der Waals surface area contributed by atoms with Gasteiger partial charge in [0.2, 0.25) is 0 Å². The first-order chi connectivity index (χ1) is 15.5. The molecule has 0 unspecified atom stereocenters. The third-order valence-corrected chi connectivity index (χ3v) is 6.41. The van der Waals surface area contributed by atoms with E-state index in [4.69, 9.17) is 12.2 Å². The fraction of sp³-hybridized carbons (Fsp3) is 0.154. The molecule has 6 heteroatoms. The Balaban J connectivity index is 1.69. The minimum atomic E-state index is -0.206. The number of hydrogen-bond donors (Lipinski definition) is 2. The monoisotopic (exact) mass is 440 g/mol. The number of nitrogens with one attached hydrogen (secondary N) is 1. The molecule has 2 N–H and O–H groups in total. The Labute approximate surface area is 193 Å². The molecule has 5 nitrogen and oxygen atoms in total. The molecule has 0 spiro atoms. The third-order valence-electron chi connectivity index (χ3n) is 6.09. The van der Waals surface area contributed by atoms with Crippen molar-refractivity contribution in [2.75, 3.05) is 4.90 Å². The highest BCUT2D eigenvalue weighted by Gasteiger charge is 2.42. The van der Waals surface area contributed by atoms with E-state index in [1.165, 1.54) is 11.1 Å². The van der Waals surface area contributed by atoms with Gasteiger partial charge in [0.1, 0.15) is 11.8 Å². The second-order valence-electron chi connectivity index (χ2n) is 8.06. The van der Waals surface area contributed by atoms with Gasteiger partial charge in [-0.3, -0.25) is 4.98 Å². The second-order valence-corrected chi connectivity index (χ2v) is 8.44. The number of para-hydroxylation sites is 2. The van der Waals surface area contributed by atoms with Gasteiger partial charge in [-0.1, -0.05) is 24.3 Å². The molecule has 0 radical (unpaired) electrons. The van der Waals surface area contributed by atoms with Gasteiger partial charge >= 0.3 is 0 Å². The van der Waals surface area contributed by atoms with Crippen molar-refractivity contribution in [1.29, 1.82) is 0 Å². The van der Waals surface area contributed by atoms with Crippen molar-refractivity contribution in [3.05, 3.63) is 108 Å². The minimum absolute atomic E-state index is 0.177. The maximum atomic E-state index is 10.7. The van der Waals surface area contributed by atoms with Gasteiger partial charge in [0, 0.05) is 23.8 Å². The molecule has 32 heavy (non-hydrogen) atoms. The molecule has 2 atom stereocenters. The summed E-state index contributed by atoms with van der Waals surface area (Å²) in [5.41, 5.74) is 6.20. The summed E-state index contributed by atoms with van der Waals surface area (Å²) in [6.45, 7) is 4.24. The van der Waals surface area contributed by atoms with Crippen LogP contribution >= 0.6 is 12.2 Å². The van der Waals surface area contributed by atoms with E-state index in [1.54, 1.807) is 12.3 Å². The molecule has 1 saturated heterocycles. The van der Waals surface area contributed by atoms with Gasteiger partial charge in [0.15, 0.2) is 5.11 Å². The molecule has 1 fully saturated rings. The average Bonchev–Trinajstić information content (AvgIpc) is 3.41. The summed E-state index contributed by atoms with van der Waals surface area (Å²) in [6, 6.07) is 23.4. The van der Waals surface area contributed by atoms with Crippen LogP contribution in [0.25, 0.3) is 5.69 Å². The number of thiocarbonyl (C=S) groups is 1. The van der Waals surface area contributed by atoms with Crippen molar-refractivity contribution in [2.24, 2.45) is 0 Å². The summed E-state index contributed by atoms with van der Waals surface area (Å²) in [7, 11) is 0. The largest absolute Gasteiger partial charge is 0.506 e. The summed E-state index contributed by atoms with van der Waals surface area (Å²) in [6.07, 6.45) is 3.86. The molecule has 160 valence electrons. The standard InChI is InChI=1S/C26H24N4OS/c1-17-12-13-19(16-18(17)2)29-15-7-10-22(29)25-24(20-8-5-6-14-27-20)28-26(32)30(25)21-9-3-4-11-23(21)31/h3-16,24-25,31H,1-2H3,(H,28,32)/t24-,25+/m0/s1. The molecule has 0 amide bonds. The molecule has 2 aromatic heterocycles. The van der Waals surface area contributed by atoms with Crippen molar-refractivity contribution in [3.8, 4) is 11.4 Å². The van der Waals surface area contributed by atoms with Gasteiger partial charge < -0.3 is 19.9 Å². The lowest BCUT2D eigenvalue weighted by molar-refractivity contribution is 0.472. The number of aryl methyl sites for hydroxylation is 2. The Bertz CT molecular complexity index is 1280.